The number of hydrogen-bond donors (Lipinski definition) is 3. The monoisotopic (exact) mass is 115 g/mol. The maximum Gasteiger partial charge on any atom is 0.0753 e. The first-order valence-electron chi connectivity index (χ1n) is 2.58. The quantitative estimate of drug-likeness (QED) is 0.423. The van der Waals surface area contributed by atoms with Gasteiger partial charge in [0, 0.05) is 7.05 Å². The van der Waals surface area contributed by atoms with Gasteiger partial charge in [-0.15, -0.1) is 0 Å². The molecule has 0 aliphatic carbocycles. The molecule has 0 aromatic carbocycles. The van der Waals surface area contributed by atoms with Crippen molar-refractivity contribution in [3.63, 3.8) is 0 Å². The normalized spacial score (nSPS) is 14.4. The Morgan fingerprint density at radius 3 is 2.50 bits per heavy atom. The van der Waals surface area contributed by atoms with Crippen LogP contribution in [0.15, 0.2) is 12.3 Å². The second kappa shape index (κ2) is 4.61. The molecule has 0 saturated heterocycles. The van der Waals surface area contributed by atoms with Gasteiger partial charge in [0.25, 0.3) is 0 Å². The van der Waals surface area contributed by atoms with Crippen LogP contribution in [0.2, 0.25) is 0 Å². The molecule has 3 nitrogen and oxygen atoms in total. The Labute approximate surface area is 49.9 Å². The molecule has 1 unspecified atom stereocenters. The van der Waals surface area contributed by atoms with Crippen molar-refractivity contribution >= 4 is 0 Å². The lowest BCUT2D eigenvalue weighted by Gasteiger charge is -2.01. The molecule has 0 aliphatic heterocycles. The molecule has 0 aliphatic rings. The van der Waals surface area contributed by atoms with Crippen LogP contribution in [-0.2, 0) is 0 Å². The molecule has 4 N–H and O–H groups in total. The molecule has 0 rings (SSSR count). The minimum Gasteiger partial charge on any atom is -0.394 e. The van der Waals surface area contributed by atoms with E-state index < -0.39 is 0 Å². The topological polar surface area (TPSA) is 50.1 Å². The summed E-state index contributed by atoms with van der Waals surface area (Å²) >= 11 is 0. The molecule has 8 heavy (non-hydrogen) atoms. The van der Waals surface area contributed by atoms with E-state index in [9.17, 15) is 0 Å². The van der Waals surface area contributed by atoms with Crippen molar-refractivity contribution < 1.29 is 0 Å². The Balaban J connectivity index is 3.21. The van der Waals surface area contributed by atoms with Crippen molar-refractivity contribution in [3.05, 3.63) is 12.3 Å². The van der Waals surface area contributed by atoms with Crippen LogP contribution in [0, 0.1) is 0 Å². The zero-order valence-corrected chi connectivity index (χ0v) is 5.31. The summed E-state index contributed by atoms with van der Waals surface area (Å²) in [7, 11) is 3.64. The van der Waals surface area contributed by atoms with Crippen molar-refractivity contribution in [2.24, 2.45) is 5.73 Å². The van der Waals surface area contributed by atoms with E-state index in [1.54, 1.807) is 6.20 Å². The zero-order chi connectivity index (χ0) is 6.41. The minimum absolute atomic E-state index is 0.0394. The molecule has 1 atom stereocenters. The molecule has 0 radical (unpaired) electrons. The zero-order valence-electron chi connectivity index (χ0n) is 5.31. The summed E-state index contributed by atoms with van der Waals surface area (Å²) in [6.07, 6.45) is 3.59. The van der Waals surface area contributed by atoms with E-state index in [2.05, 4.69) is 10.6 Å². The van der Waals surface area contributed by atoms with Gasteiger partial charge in [-0.2, -0.15) is 0 Å². The van der Waals surface area contributed by atoms with Gasteiger partial charge < -0.3 is 16.4 Å². The molecule has 0 saturated carbocycles. The molecule has 0 aromatic heterocycles. The van der Waals surface area contributed by atoms with E-state index in [1.807, 2.05) is 20.2 Å². The number of likely N-dealkylation sites (N-methyl/N-ethyl adjacent to an activating group) is 1. The molecule has 0 aromatic rings. The molecule has 3 heteroatoms. The molecule has 0 amide bonds. The minimum atomic E-state index is -0.0394. The summed E-state index contributed by atoms with van der Waals surface area (Å²) < 4.78 is 0. The highest BCUT2D eigenvalue weighted by molar-refractivity contribution is 4.86. The number of rotatable bonds is 3. The molecule has 0 spiro atoms. The van der Waals surface area contributed by atoms with Gasteiger partial charge in [-0.3, -0.25) is 0 Å². The summed E-state index contributed by atoms with van der Waals surface area (Å²) in [4.78, 5) is 0. The first kappa shape index (κ1) is 7.46. The largest absolute Gasteiger partial charge is 0.394 e. The summed E-state index contributed by atoms with van der Waals surface area (Å²) in [5, 5.41) is 5.68. The molecule has 0 heterocycles. The summed E-state index contributed by atoms with van der Waals surface area (Å²) in [5.74, 6) is 0. The van der Waals surface area contributed by atoms with Gasteiger partial charge in [-0.05, 0) is 19.3 Å². The first-order chi connectivity index (χ1) is 3.81. The third-order valence-electron chi connectivity index (χ3n) is 0.804. The van der Waals surface area contributed by atoms with Gasteiger partial charge in [0.05, 0.1) is 6.17 Å². The Morgan fingerprint density at radius 1 is 1.50 bits per heavy atom. The summed E-state index contributed by atoms with van der Waals surface area (Å²) in [6, 6.07) is 0. The van der Waals surface area contributed by atoms with Gasteiger partial charge >= 0.3 is 0 Å². The molecule has 0 bridgehead atoms. The van der Waals surface area contributed by atoms with Gasteiger partial charge in [-0.25, -0.2) is 0 Å². The van der Waals surface area contributed by atoms with Crippen LogP contribution >= 0.6 is 0 Å². The predicted octanol–water partition coefficient (Wildman–Crippen LogP) is -0.776. The lowest BCUT2D eigenvalue weighted by molar-refractivity contribution is 0.695. The first-order valence-corrected chi connectivity index (χ1v) is 2.58. The number of nitrogens with two attached hydrogens (primary N) is 1. The van der Waals surface area contributed by atoms with Crippen LogP contribution in [0.25, 0.3) is 0 Å². The highest BCUT2D eigenvalue weighted by Crippen LogP contribution is 1.69. The van der Waals surface area contributed by atoms with E-state index in [-0.39, 0.29) is 6.17 Å². The average molecular weight is 115 g/mol. The highest BCUT2D eigenvalue weighted by atomic mass is 15.0. The van der Waals surface area contributed by atoms with Crippen LogP contribution in [0.4, 0.5) is 0 Å². The van der Waals surface area contributed by atoms with Crippen molar-refractivity contribution in [2.45, 2.75) is 6.17 Å². The lowest BCUT2D eigenvalue weighted by Crippen LogP contribution is -2.32. The third kappa shape index (κ3) is 3.64. The van der Waals surface area contributed by atoms with Gasteiger partial charge in [-0.1, -0.05) is 0 Å². The van der Waals surface area contributed by atoms with Gasteiger partial charge in [0.15, 0.2) is 0 Å². The lowest BCUT2D eigenvalue weighted by atomic mass is 10.5. The molecular formula is C5H13N3. The fourth-order valence-corrected chi connectivity index (χ4v) is 0.296. The van der Waals surface area contributed by atoms with Crippen LogP contribution in [0.3, 0.4) is 0 Å². The number of hydrogen-bond acceptors (Lipinski definition) is 3. The van der Waals surface area contributed by atoms with Crippen LogP contribution in [-0.4, -0.2) is 20.3 Å². The van der Waals surface area contributed by atoms with E-state index >= 15 is 0 Å². The SMILES string of the molecule is CN/C=C\C(N)NC. The summed E-state index contributed by atoms with van der Waals surface area (Å²) in [6.45, 7) is 0. The Kier molecular flexibility index (Phi) is 4.30. The van der Waals surface area contributed by atoms with Crippen LogP contribution in [0.1, 0.15) is 0 Å². The van der Waals surface area contributed by atoms with Gasteiger partial charge in [0.2, 0.25) is 0 Å². The van der Waals surface area contributed by atoms with E-state index in [1.165, 1.54) is 0 Å². The van der Waals surface area contributed by atoms with Gasteiger partial charge in [0.1, 0.15) is 0 Å². The van der Waals surface area contributed by atoms with Crippen molar-refractivity contribution in [3.8, 4) is 0 Å². The third-order valence-corrected chi connectivity index (χ3v) is 0.804. The van der Waals surface area contributed by atoms with E-state index in [0.29, 0.717) is 0 Å². The number of nitrogens with one attached hydrogen (secondary N) is 2. The van der Waals surface area contributed by atoms with Crippen molar-refractivity contribution in [2.75, 3.05) is 14.1 Å². The van der Waals surface area contributed by atoms with Crippen LogP contribution in [0.5, 0.6) is 0 Å². The smallest absolute Gasteiger partial charge is 0.0753 e. The van der Waals surface area contributed by atoms with Crippen molar-refractivity contribution in [1.29, 1.82) is 0 Å². The molecule has 0 fully saturated rings. The second-order valence-electron chi connectivity index (χ2n) is 1.46. The van der Waals surface area contributed by atoms with Crippen LogP contribution < -0.4 is 16.4 Å². The summed E-state index contributed by atoms with van der Waals surface area (Å²) in [5.41, 5.74) is 5.42. The maximum absolute atomic E-state index is 5.42. The van der Waals surface area contributed by atoms with E-state index in [0.717, 1.165) is 0 Å². The second-order valence-corrected chi connectivity index (χ2v) is 1.46. The molecular weight excluding hydrogens is 102 g/mol. The van der Waals surface area contributed by atoms with Crippen molar-refractivity contribution in [1.82, 2.24) is 10.6 Å². The fourth-order valence-electron chi connectivity index (χ4n) is 0.296. The Hall–Kier alpha value is -0.540. The standard InChI is InChI=1S/C5H13N3/c1-7-4-3-5(6)8-2/h3-5,7-8H,6H2,1-2H3/b4-3-. The van der Waals surface area contributed by atoms with E-state index in [4.69, 9.17) is 5.73 Å². The highest BCUT2D eigenvalue weighted by Gasteiger charge is 1.84. The predicted molar refractivity (Wildman–Crippen MR) is 35.2 cm³/mol. The maximum atomic E-state index is 5.42. The Morgan fingerprint density at radius 2 is 2.12 bits per heavy atom. The Bertz CT molecular complexity index is 70.1. The molecule has 48 valence electrons. The average Bonchev–Trinajstić information content (AvgIpc) is 1.83. The fraction of sp³-hybridized carbons (Fsp3) is 0.600.